The minimum atomic E-state index is -5.73. The molecule has 0 saturated carbocycles. The van der Waals surface area contributed by atoms with Crippen molar-refractivity contribution in [2.75, 3.05) is 26.3 Å². The van der Waals surface area contributed by atoms with Crippen LogP contribution in [-0.4, -0.2) is 49.6 Å². The van der Waals surface area contributed by atoms with Crippen molar-refractivity contribution in [1.29, 1.82) is 0 Å². The Kier molecular flexibility index (Phi) is 4.90. The number of carbonyl (C=O) groups excluding carboxylic acids is 1. The highest BCUT2D eigenvalue weighted by atomic mass is 19.4. The standard InChI is InChI=1S/C10H14F6N2O2/c1-2-8(9(11,12)13,10(14,15)16)7(19)17-18-3-5-20-6-4-18/h2-6H2,1H3,(H,17,19). The second-order valence-electron chi connectivity index (χ2n) is 4.29. The van der Waals surface area contributed by atoms with Gasteiger partial charge in [0.05, 0.1) is 13.2 Å². The summed E-state index contributed by atoms with van der Waals surface area (Å²) in [7, 11) is 0. The molecule has 0 aliphatic carbocycles. The molecule has 1 aliphatic rings. The van der Waals surface area contributed by atoms with Gasteiger partial charge in [0.25, 0.3) is 5.91 Å². The number of hydrogen-bond donors (Lipinski definition) is 1. The molecule has 10 heteroatoms. The molecule has 0 atom stereocenters. The number of amides is 1. The Bertz CT molecular complexity index is 335. The Balaban J connectivity index is 3.01. The molecule has 1 fully saturated rings. The number of carbonyl (C=O) groups is 1. The van der Waals surface area contributed by atoms with Crippen molar-refractivity contribution in [2.45, 2.75) is 25.7 Å². The van der Waals surface area contributed by atoms with Crippen LogP contribution in [0, 0.1) is 5.41 Å². The molecule has 20 heavy (non-hydrogen) atoms. The summed E-state index contributed by atoms with van der Waals surface area (Å²) in [5.41, 5.74) is -2.71. The molecule has 1 N–H and O–H groups in total. The quantitative estimate of drug-likeness (QED) is 0.809. The van der Waals surface area contributed by atoms with E-state index in [-0.39, 0.29) is 26.3 Å². The van der Waals surface area contributed by atoms with Crippen molar-refractivity contribution in [2.24, 2.45) is 5.41 Å². The Labute approximate surface area is 111 Å². The second-order valence-corrected chi connectivity index (χ2v) is 4.29. The van der Waals surface area contributed by atoms with Gasteiger partial charge in [-0.1, -0.05) is 6.92 Å². The van der Waals surface area contributed by atoms with E-state index in [4.69, 9.17) is 4.74 Å². The third-order valence-corrected chi connectivity index (χ3v) is 3.16. The van der Waals surface area contributed by atoms with Gasteiger partial charge in [-0.25, -0.2) is 5.01 Å². The molecular formula is C10H14F6N2O2. The summed E-state index contributed by atoms with van der Waals surface area (Å²) in [6.45, 7) is 0.983. The summed E-state index contributed by atoms with van der Waals surface area (Å²) in [5.74, 6) is -2.11. The molecule has 1 saturated heterocycles. The van der Waals surface area contributed by atoms with Gasteiger partial charge in [-0.2, -0.15) is 26.3 Å². The molecule has 0 bridgehead atoms. The van der Waals surface area contributed by atoms with Gasteiger partial charge < -0.3 is 4.74 Å². The normalized spacial score (nSPS) is 18.9. The first-order valence-corrected chi connectivity index (χ1v) is 5.83. The summed E-state index contributed by atoms with van der Waals surface area (Å²) in [4.78, 5) is 11.6. The number of rotatable bonds is 3. The maximum Gasteiger partial charge on any atom is 0.412 e. The highest BCUT2D eigenvalue weighted by molar-refractivity contribution is 5.84. The Morgan fingerprint density at radius 2 is 1.55 bits per heavy atom. The zero-order chi connectivity index (χ0) is 15.6. The third kappa shape index (κ3) is 3.00. The van der Waals surface area contributed by atoms with Crippen LogP contribution in [0.15, 0.2) is 0 Å². The minimum Gasteiger partial charge on any atom is -0.379 e. The van der Waals surface area contributed by atoms with E-state index in [9.17, 15) is 31.1 Å². The Hall–Kier alpha value is -1.03. The third-order valence-electron chi connectivity index (χ3n) is 3.16. The van der Waals surface area contributed by atoms with Crippen molar-refractivity contribution < 1.29 is 35.9 Å². The van der Waals surface area contributed by atoms with E-state index in [0.29, 0.717) is 6.92 Å². The summed E-state index contributed by atoms with van der Waals surface area (Å²) in [6.07, 6.45) is -12.9. The molecule has 118 valence electrons. The molecule has 0 aromatic carbocycles. The van der Waals surface area contributed by atoms with Gasteiger partial charge in [-0.15, -0.1) is 0 Å². The smallest absolute Gasteiger partial charge is 0.379 e. The van der Waals surface area contributed by atoms with Crippen LogP contribution in [0.3, 0.4) is 0 Å². The lowest BCUT2D eigenvalue weighted by Crippen LogP contribution is -2.62. The molecule has 0 radical (unpaired) electrons. The van der Waals surface area contributed by atoms with Gasteiger partial charge in [0.2, 0.25) is 5.41 Å². The Morgan fingerprint density at radius 1 is 1.10 bits per heavy atom. The van der Waals surface area contributed by atoms with Gasteiger partial charge in [-0.05, 0) is 6.42 Å². The van der Waals surface area contributed by atoms with Crippen LogP contribution in [-0.2, 0) is 9.53 Å². The first kappa shape index (κ1) is 17.0. The zero-order valence-electron chi connectivity index (χ0n) is 10.6. The van der Waals surface area contributed by atoms with Gasteiger partial charge in [0.15, 0.2) is 0 Å². The van der Waals surface area contributed by atoms with Crippen molar-refractivity contribution in [1.82, 2.24) is 10.4 Å². The molecule has 1 amide bonds. The van der Waals surface area contributed by atoms with Crippen LogP contribution < -0.4 is 5.43 Å². The van der Waals surface area contributed by atoms with Crippen molar-refractivity contribution in [3.05, 3.63) is 0 Å². The lowest BCUT2D eigenvalue weighted by Gasteiger charge is -2.37. The fraction of sp³-hybridized carbons (Fsp3) is 0.900. The van der Waals surface area contributed by atoms with Crippen molar-refractivity contribution >= 4 is 5.91 Å². The summed E-state index contributed by atoms with van der Waals surface area (Å²) < 4.78 is 82.0. The SMILES string of the molecule is CCC(C(=O)NN1CCOCC1)(C(F)(F)F)C(F)(F)F. The predicted molar refractivity (Wildman–Crippen MR) is 55.4 cm³/mol. The van der Waals surface area contributed by atoms with E-state index in [1.807, 2.05) is 0 Å². The molecule has 1 heterocycles. The molecule has 1 aliphatic heterocycles. The van der Waals surface area contributed by atoms with Crippen LogP contribution >= 0.6 is 0 Å². The maximum atomic E-state index is 12.9. The second kappa shape index (κ2) is 5.76. The molecule has 0 aromatic rings. The zero-order valence-corrected chi connectivity index (χ0v) is 10.6. The maximum absolute atomic E-state index is 12.9. The number of morpholine rings is 1. The average Bonchev–Trinajstić information content (AvgIpc) is 2.27. The van der Waals surface area contributed by atoms with E-state index in [1.165, 1.54) is 0 Å². The van der Waals surface area contributed by atoms with Crippen molar-refractivity contribution in [3.8, 4) is 0 Å². The van der Waals surface area contributed by atoms with Gasteiger partial charge in [-0.3, -0.25) is 10.2 Å². The summed E-state index contributed by atoms with van der Waals surface area (Å²) in [6, 6.07) is 0. The number of alkyl halides is 6. The molecule has 0 spiro atoms. The van der Waals surface area contributed by atoms with Crippen LogP contribution in [0.25, 0.3) is 0 Å². The van der Waals surface area contributed by atoms with Crippen LogP contribution in [0.4, 0.5) is 26.3 Å². The summed E-state index contributed by atoms with van der Waals surface area (Å²) in [5, 5.41) is 0.994. The monoisotopic (exact) mass is 308 g/mol. The number of hydrazine groups is 1. The lowest BCUT2D eigenvalue weighted by atomic mass is 9.82. The number of ether oxygens (including phenoxy) is 1. The van der Waals surface area contributed by atoms with Gasteiger partial charge in [0, 0.05) is 13.1 Å². The number of hydrogen-bond acceptors (Lipinski definition) is 3. The van der Waals surface area contributed by atoms with E-state index in [0.717, 1.165) is 5.01 Å². The van der Waals surface area contributed by atoms with Gasteiger partial charge >= 0.3 is 12.4 Å². The predicted octanol–water partition coefficient (Wildman–Crippen LogP) is 1.87. The van der Waals surface area contributed by atoms with Crippen LogP contribution in [0.1, 0.15) is 13.3 Å². The van der Waals surface area contributed by atoms with Crippen LogP contribution in [0.5, 0.6) is 0 Å². The fourth-order valence-corrected chi connectivity index (χ4v) is 1.89. The number of nitrogens with zero attached hydrogens (tertiary/aromatic N) is 1. The van der Waals surface area contributed by atoms with E-state index in [2.05, 4.69) is 0 Å². The first-order valence-electron chi connectivity index (χ1n) is 5.83. The highest BCUT2D eigenvalue weighted by Crippen LogP contribution is 2.52. The van der Waals surface area contributed by atoms with Crippen LogP contribution in [0.2, 0.25) is 0 Å². The fourth-order valence-electron chi connectivity index (χ4n) is 1.89. The average molecular weight is 308 g/mol. The van der Waals surface area contributed by atoms with Crippen molar-refractivity contribution in [3.63, 3.8) is 0 Å². The number of nitrogens with one attached hydrogen (secondary N) is 1. The van der Waals surface area contributed by atoms with E-state index >= 15 is 0 Å². The first-order chi connectivity index (χ1) is 9.06. The molecule has 0 unspecified atom stereocenters. The summed E-state index contributed by atoms with van der Waals surface area (Å²) >= 11 is 0. The lowest BCUT2D eigenvalue weighted by molar-refractivity contribution is -0.327. The minimum absolute atomic E-state index is 0.0290. The molecule has 1 rings (SSSR count). The largest absolute Gasteiger partial charge is 0.412 e. The van der Waals surface area contributed by atoms with E-state index < -0.39 is 30.1 Å². The Morgan fingerprint density at radius 3 is 1.90 bits per heavy atom. The molecule has 0 aromatic heterocycles. The highest BCUT2D eigenvalue weighted by Gasteiger charge is 2.74. The van der Waals surface area contributed by atoms with E-state index in [1.54, 1.807) is 5.43 Å². The topological polar surface area (TPSA) is 41.6 Å². The number of halogens is 6. The molecular weight excluding hydrogens is 294 g/mol. The van der Waals surface area contributed by atoms with Gasteiger partial charge in [0.1, 0.15) is 0 Å². The molecule has 4 nitrogen and oxygen atoms in total.